The molecule has 2 atom stereocenters. The van der Waals surface area contributed by atoms with E-state index in [0.29, 0.717) is 13.0 Å². The molecule has 0 bridgehead atoms. The highest BCUT2D eigenvalue weighted by Gasteiger charge is 2.05. The van der Waals surface area contributed by atoms with Crippen molar-refractivity contribution < 1.29 is 4.39 Å². The fourth-order valence-corrected chi connectivity index (χ4v) is 1.25. The molecule has 0 aliphatic heterocycles. The van der Waals surface area contributed by atoms with Crippen LogP contribution in [0, 0.1) is 17.2 Å². The molecule has 0 amide bonds. The standard InChI is InChI=1S/C13H21FN2/c1-4-13(14)11(3)6-5-10(2)7-12(8-15)9-16/h4-6,8,11-12,15H,2,7,9,16H2,1,3H3/b6-5-,13-4+,15-8?/t11?,12-/m1/s1. The van der Waals surface area contributed by atoms with Crippen LogP contribution in [0.25, 0.3) is 0 Å². The predicted molar refractivity (Wildman–Crippen MR) is 68.3 cm³/mol. The summed E-state index contributed by atoms with van der Waals surface area (Å²) in [4.78, 5) is 0. The quantitative estimate of drug-likeness (QED) is 0.506. The van der Waals surface area contributed by atoms with Crippen LogP contribution >= 0.6 is 0 Å². The summed E-state index contributed by atoms with van der Waals surface area (Å²) >= 11 is 0. The Hall–Kier alpha value is -1.22. The van der Waals surface area contributed by atoms with Crippen LogP contribution in [0.1, 0.15) is 20.3 Å². The molecule has 16 heavy (non-hydrogen) atoms. The molecule has 0 aromatic heterocycles. The van der Waals surface area contributed by atoms with Gasteiger partial charge in [-0.3, -0.25) is 0 Å². The summed E-state index contributed by atoms with van der Waals surface area (Å²) in [7, 11) is 0. The minimum Gasteiger partial charge on any atom is -0.330 e. The first-order chi connectivity index (χ1) is 7.54. The van der Waals surface area contributed by atoms with Crippen LogP contribution in [0.15, 0.2) is 36.2 Å². The van der Waals surface area contributed by atoms with Gasteiger partial charge in [-0.2, -0.15) is 0 Å². The van der Waals surface area contributed by atoms with E-state index in [9.17, 15) is 4.39 Å². The first-order valence-corrected chi connectivity index (χ1v) is 5.43. The van der Waals surface area contributed by atoms with Crippen molar-refractivity contribution in [2.45, 2.75) is 20.3 Å². The van der Waals surface area contributed by atoms with E-state index >= 15 is 0 Å². The van der Waals surface area contributed by atoms with Crippen molar-refractivity contribution in [2.24, 2.45) is 17.6 Å². The van der Waals surface area contributed by atoms with Crippen LogP contribution in [0.3, 0.4) is 0 Å². The predicted octanol–water partition coefficient (Wildman–Crippen LogP) is 3.22. The van der Waals surface area contributed by atoms with Crippen LogP contribution in [0.5, 0.6) is 0 Å². The van der Waals surface area contributed by atoms with E-state index in [1.807, 2.05) is 0 Å². The molecule has 1 unspecified atom stereocenters. The first kappa shape index (κ1) is 14.8. The van der Waals surface area contributed by atoms with E-state index < -0.39 is 0 Å². The van der Waals surface area contributed by atoms with Crippen molar-refractivity contribution in [2.75, 3.05) is 6.54 Å². The molecule has 3 heteroatoms. The fourth-order valence-electron chi connectivity index (χ4n) is 1.25. The number of halogens is 1. The van der Waals surface area contributed by atoms with E-state index in [2.05, 4.69) is 6.58 Å². The number of hydrogen-bond acceptors (Lipinski definition) is 2. The van der Waals surface area contributed by atoms with Crippen LogP contribution < -0.4 is 5.73 Å². The molecule has 0 aliphatic carbocycles. The Morgan fingerprint density at radius 1 is 1.56 bits per heavy atom. The number of hydrogen-bond donors (Lipinski definition) is 2. The van der Waals surface area contributed by atoms with Gasteiger partial charge in [0.2, 0.25) is 0 Å². The van der Waals surface area contributed by atoms with Crippen molar-refractivity contribution in [1.29, 1.82) is 5.41 Å². The lowest BCUT2D eigenvalue weighted by molar-refractivity contribution is 0.546. The molecule has 0 aromatic carbocycles. The molecule has 0 rings (SSSR count). The average Bonchev–Trinajstić information content (AvgIpc) is 2.31. The van der Waals surface area contributed by atoms with Gasteiger partial charge in [0.15, 0.2) is 0 Å². The molecule has 0 spiro atoms. The van der Waals surface area contributed by atoms with Crippen molar-refractivity contribution >= 4 is 6.21 Å². The van der Waals surface area contributed by atoms with Gasteiger partial charge in [-0.05, 0) is 19.6 Å². The number of nitrogens with one attached hydrogen (secondary N) is 1. The summed E-state index contributed by atoms with van der Waals surface area (Å²) in [5, 5.41) is 7.13. The molecule has 0 heterocycles. The summed E-state index contributed by atoms with van der Waals surface area (Å²) in [6.07, 6.45) is 7.02. The topological polar surface area (TPSA) is 49.9 Å². The zero-order valence-electron chi connectivity index (χ0n) is 10.0. The maximum absolute atomic E-state index is 13.1. The highest BCUT2D eigenvalue weighted by Crippen LogP contribution is 2.15. The van der Waals surface area contributed by atoms with Crippen molar-refractivity contribution in [3.8, 4) is 0 Å². The Bertz CT molecular complexity index is 292. The largest absolute Gasteiger partial charge is 0.330 e. The monoisotopic (exact) mass is 224 g/mol. The summed E-state index contributed by atoms with van der Waals surface area (Å²) in [6, 6.07) is 0. The normalized spacial score (nSPS) is 16.1. The van der Waals surface area contributed by atoms with Gasteiger partial charge in [0.05, 0.1) is 0 Å². The lowest BCUT2D eigenvalue weighted by Gasteiger charge is -2.08. The second-order valence-corrected chi connectivity index (χ2v) is 3.85. The van der Waals surface area contributed by atoms with Gasteiger partial charge in [0.25, 0.3) is 0 Å². The van der Waals surface area contributed by atoms with Gasteiger partial charge in [0.1, 0.15) is 5.83 Å². The lowest BCUT2D eigenvalue weighted by Crippen LogP contribution is -2.15. The van der Waals surface area contributed by atoms with Crippen LogP contribution in [-0.2, 0) is 0 Å². The third-order valence-corrected chi connectivity index (χ3v) is 2.39. The molecule has 0 saturated carbocycles. The molecule has 0 aromatic rings. The zero-order chi connectivity index (χ0) is 12.6. The number of rotatable bonds is 7. The minimum absolute atomic E-state index is 0.0269. The highest BCUT2D eigenvalue weighted by atomic mass is 19.1. The summed E-state index contributed by atoms with van der Waals surface area (Å²) in [6.45, 7) is 7.76. The second kappa shape index (κ2) is 7.99. The summed E-state index contributed by atoms with van der Waals surface area (Å²) in [5.41, 5.74) is 6.34. The van der Waals surface area contributed by atoms with E-state index in [1.54, 1.807) is 26.0 Å². The van der Waals surface area contributed by atoms with Crippen LogP contribution in [0.4, 0.5) is 4.39 Å². The Morgan fingerprint density at radius 3 is 2.62 bits per heavy atom. The summed E-state index contributed by atoms with van der Waals surface area (Å²) < 4.78 is 13.1. The first-order valence-electron chi connectivity index (χ1n) is 5.43. The SMILES string of the molecule is C=C(/C=C\C(C)/C(F)=C\C)C[C@H](C=N)CN. The molecule has 0 saturated heterocycles. The highest BCUT2D eigenvalue weighted by molar-refractivity contribution is 5.57. The Labute approximate surface area is 97.2 Å². The minimum atomic E-state index is -0.224. The van der Waals surface area contributed by atoms with E-state index in [-0.39, 0.29) is 17.7 Å². The summed E-state index contributed by atoms with van der Waals surface area (Å²) in [5.74, 6) is -0.344. The Morgan fingerprint density at radius 2 is 2.19 bits per heavy atom. The van der Waals surface area contributed by atoms with E-state index in [0.717, 1.165) is 5.57 Å². The molecule has 0 radical (unpaired) electrons. The molecular weight excluding hydrogens is 203 g/mol. The van der Waals surface area contributed by atoms with Gasteiger partial charge in [-0.25, -0.2) is 4.39 Å². The third-order valence-electron chi connectivity index (χ3n) is 2.39. The molecule has 3 N–H and O–H groups in total. The van der Waals surface area contributed by atoms with Gasteiger partial charge in [-0.15, -0.1) is 0 Å². The maximum Gasteiger partial charge on any atom is 0.102 e. The van der Waals surface area contributed by atoms with E-state index in [4.69, 9.17) is 11.1 Å². The van der Waals surface area contributed by atoms with Gasteiger partial charge < -0.3 is 11.1 Å². The average molecular weight is 224 g/mol. The van der Waals surface area contributed by atoms with Crippen molar-refractivity contribution in [3.63, 3.8) is 0 Å². The van der Waals surface area contributed by atoms with E-state index in [1.165, 1.54) is 12.3 Å². The van der Waals surface area contributed by atoms with Gasteiger partial charge in [0, 0.05) is 18.4 Å². The molecule has 2 nitrogen and oxygen atoms in total. The number of nitrogens with two attached hydrogens (primary N) is 1. The number of allylic oxidation sites excluding steroid dienone is 5. The van der Waals surface area contributed by atoms with Gasteiger partial charge in [-0.1, -0.05) is 37.3 Å². The third kappa shape index (κ3) is 5.61. The molecule has 0 aliphatic rings. The van der Waals surface area contributed by atoms with Crippen molar-refractivity contribution in [3.05, 3.63) is 36.2 Å². The van der Waals surface area contributed by atoms with Crippen molar-refractivity contribution in [1.82, 2.24) is 0 Å². The molecule has 0 fully saturated rings. The maximum atomic E-state index is 13.1. The Kier molecular flexibility index (Phi) is 7.38. The van der Waals surface area contributed by atoms with Gasteiger partial charge >= 0.3 is 0 Å². The smallest absolute Gasteiger partial charge is 0.102 e. The molecule has 90 valence electrons. The lowest BCUT2D eigenvalue weighted by atomic mass is 10.00. The molecular formula is C13H21FN2. The second-order valence-electron chi connectivity index (χ2n) is 3.85. The fraction of sp³-hybridized carbons (Fsp3) is 0.462. The van der Waals surface area contributed by atoms with Crippen LogP contribution in [0.2, 0.25) is 0 Å². The zero-order valence-corrected chi connectivity index (χ0v) is 10.0. The van der Waals surface area contributed by atoms with Crippen LogP contribution in [-0.4, -0.2) is 12.8 Å². The Balaban J connectivity index is 4.24.